The molecule has 1 aromatic carbocycles. The lowest BCUT2D eigenvalue weighted by Gasteiger charge is -2.30. The Morgan fingerprint density at radius 1 is 1.26 bits per heavy atom. The Labute approximate surface area is 158 Å². The molecular formula is C20H26F2N3O2+. The molecule has 2 amide bonds. The average molecular weight is 378 g/mol. The fourth-order valence-electron chi connectivity index (χ4n) is 2.68. The maximum absolute atomic E-state index is 13.1. The van der Waals surface area contributed by atoms with Crippen molar-refractivity contribution in [3.8, 4) is 6.57 Å². The molecule has 27 heavy (non-hydrogen) atoms. The summed E-state index contributed by atoms with van der Waals surface area (Å²) >= 11 is 0. The Morgan fingerprint density at radius 2 is 1.93 bits per heavy atom. The van der Waals surface area contributed by atoms with Crippen LogP contribution in [0.5, 0.6) is 0 Å². The van der Waals surface area contributed by atoms with Crippen molar-refractivity contribution < 1.29 is 18.4 Å². The van der Waals surface area contributed by atoms with E-state index in [1.807, 2.05) is 0 Å². The van der Waals surface area contributed by atoms with Crippen molar-refractivity contribution in [2.75, 3.05) is 13.1 Å². The number of unbranched alkanes of at least 4 members (excludes halogenated alkanes) is 1. The van der Waals surface area contributed by atoms with Crippen LogP contribution in [0.1, 0.15) is 38.7 Å². The van der Waals surface area contributed by atoms with Gasteiger partial charge in [-0.05, 0) is 40.8 Å². The van der Waals surface area contributed by atoms with Gasteiger partial charge < -0.3 is 10.6 Å². The highest BCUT2D eigenvalue weighted by Crippen LogP contribution is 2.28. The molecule has 1 rings (SSSR count). The molecule has 0 fully saturated rings. The SMILES string of the molecule is C#[N+]/C=C(/F)C(=O)NCC(=O)NCC(C)(CCCC)Cc1ccc(F)cc1. The van der Waals surface area contributed by atoms with Gasteiger partial charge in [0.2, 0.25) is 5.91 Å². The van der Waals surface area contributed by atoms with E-state index < -0.39 is 17.6 Å². The van der Waals surface area contributed by atoms with E-state index in [4.69, 9.17) is 6.57 Å². The zero-order valence-corrected chi connectivity index (χ0v) is 15.7. The van der Waals surface area contributed by atoms with Crippen molar-refractivity contribution >= 4 is 11.8 Å². The van der Waals surface area contributed by atoms with Crippen molar-refractivity contribution in [3.05, 3.63) is 52.5 Å². The van der Waals surface area contributed by atoms with Crippen LogP contribution < -0.4 is 10.6 Å². The van der Waals surface area contributed by atoms with E-state index in [1.165, 1.54) is 12.1 Å². The van der Waals surface area contributed by atoms with Crippen LogP contribution in [-0.2, 0) is 16.0 Å². The predicted molar refractivity (Wildman–Crippen MR) is 101 cm³/mol. The smallest absolute Gasteiger partial charge is 0.346 e. The fraction of sp³-hybridized carbons (Fsp3) is 0.450. The van der Waals surface area contributed by atoms with Gasteiger partial charge in [-0.3, -0.25) is 9.59 Å². The van der Waals surface area contributed by atoms with E-state index in [-0.39, 0.29) is 17.8 Å². The lowest BCUT2D eigenvalue weighted by atomic mass is 9.79. The van der Waals surface area contributed by atoms with E-state index in [9.17, 15) is 18.4 Å². The number of hydrogen-bond acceptors (Lipinski definition) is 2. The van der Waals surface area contributed by atoms with Crippen molar-refractivity contribution in [2.24, 2.45) is 5.41 Å². The number of rotatable bonds is 10. The fourth-order valence-corrected chi connectivity index (χ4v) is 2.68. The summed E-state index contributed by atoms with van der Waals surface area (Å²) < 4.78 is 26.2. The van der Waals surface area contributed by atoms with Crippen LogP contribution >= 0.6 is 0 Å². The van der Waals surface area contributed by atoms with Gasteiger partial charge >= 0.3 is 6.20 Å². The molecule has 0 saturated heterocycles. The van der Waals surface area contributed by atoms with Crippen LogP contribution in [0.15, 0.2) is 36.3 Å². The normalized spacial score (nSPS) is 13.4. The number of halogens is 2. The van der Waals surface area contributed by atoms with Gasteiger partial charge in [0.1, 0.15) is 5.82 Å². The summed E-state index contributed by atoms with van der Waals surface area (Å²) in [5, 5.41) is 4.92. The third-order valence-electron chi connectivity index (χ3n) is 4.20. The van der Waals surface area contributed by atoms with E-state index in [0.29, 0.717) is 19.2 Å². The molecule has 0 spiro atoms. The van der Waals surface area contributed by atoms with Gasteiger partial charge in [-0.25, -0.2) is 4.39 Å². The molecule has 146 valence electrons. The summed E-state index contributed by atoms with van der Waals surface area (Å²) in [4.78, 5) is 26.3. The van der Waals surface area contributed by atoms with Gasteiger partial charge in [0.15, 0.2) is 0 Å². The summed E-state index contributed by atoms with van der Waals surface area (Å²) in [7, 11) is 0. The first-order valence-electron chi connectivity index (χ1n) is 8.84. The lowest BCUT2D eigenvalue weighted by Crippen LogP contribution is -2.42. The maximum Gasteiger partial charge on any atom is 0.346 e. The van der Waals surface area contributed by atoms with Crippen molar-refractivity contribution in [1.82, 2.24) is 10.6 Å². The van der Waals surface area contributed by atoms with E-state index in [1.54, 1.807) is 12.1 Å². The quantitative estimate of drug-likeness (QED) is 0.612. The maximum atomic E-state index is 13.1. The highest BCUT2D eigenvalue weighted by Gasteiger charge is 2.25. The van der Waals surface area contributed by atoms with Gasteiger partial charge in [-0.15, -0.1) is 0 Å². The van der Waals surface area contributed by atoms with Crippen LogP contribution in [0.3, 0.4) is 0 Å². The monoisotopic (exact) mass is 378 g/mol. The van der Waals surface area contributed by atoms with Crippen molar-refractivity contribution in [2.45, 2.75) is 39.5 Å². The molecule has 2 N–H and O–H groups in total. The molecule has 0 radical (unpaired) electrons. The summed E-state index contributed by atoms with van der Waals surface area (Å²) in [6, 6.07) is 6.30. The molecule has 0 aliphatic carbocycles. The zero-order valence-electron chi connectivity index (χ0n) is 15.7. The van der Waals surface area contributed by atoms with Gasteiger partial charge in [0, 0.05) is 6.54 Å². The van der Waals surface area contributed by atoms with Crippen molar-refractivity contribution in [3.63, 3.8) is 0 Å². The summed E-state index contributed by atoms with van der Waals surface area (Å²) in [6.45, 7) is 8.92. The van der Waals surface area contributed by atoms with Gasteiger partial charge in [-0.1, -0.05) is 38.8 Å². The highest BCUT2D eigenvalue weighted by atomic mass is 19.1. The minimum atomic E-state index is -1.17. The molecule has 5 nitrogen and oxygen atoms in total. The first-order valence-corrected chi connectivity index (χ1v) is 8.84. The Morgan fingerprint density at radius 3 is 2.52 bits per heavy atom. The predicted octanol–water partition coefficient (Wildman–Crippen LogP) is 3.57. The number of amides is 2. The molecule has 0 heterocycles. The average Bonchev–Trinajstić information content (AvgIpc) is 2.65. The third-order valence-corrected chi connectivity index (χ3v) is 4.20. The first-order chi connectivity index (χ1) is 12.8. The van der Waals surface area contributed by atoms with Gasteiger partial charge in [0.25, 0.3) is 18.3 Å². The zero-order chi connectivity index (χ0) is 20.3. The summed E-state index contributed by atoms with van der Waals surface area (Å²) in [5.74, 6) is -2.95. The standard InChI is InChI=1S/C20H25F2N3O2/c1-4-5-10-20(2,11-15-6-8-16(21)9-7-15)14-25-18(26)13-24-19(27)17(22)12-23-3/h3,6-9,12H,4-5,10-11,13-14H2,1-2H3,(H-,24,25,26,27)/p+1/b17-12+. The van der Waals surface area contributed by atoms with Crippen LogP contribution in [0.4, 0.5) is 8.78 Å². The second-order valence-electron chi connectivity index (χ2n) is 6.80. The summed E-state index contributed by atoms with van der Waals surface area (Å²) in [5.41, 5.74) is 0.757. The molecule has 0 saturated carbocycles. The number of nitrogens with zero attached hydrogens (tertiary/aromatic N) is 1. The number of nitrogens with one attached hydrogen (secondary N) is 2. The Balaban J connectivity index is 2.61. The molecule has 0 aromatic heterocycles. The molecule has 0 bridgehead atoms. The lowest BCUT2D eigenvalue weighted by molar-refractivity contribution is -0.125. The number of carbonyl (C=O) groups excluding carboxylic acids is 2. The van der Waals surface area contributed by atoms with E-state index >= 15 is 0 Å². The molecule has 0 aliphatic heterocycles. The molecule has 1 aromatic rings. The van der Waals surface area contributed by atoms with Gasteiger partial charge in [0.05, 0.1) is 6.54 Å². The molecule has 1 unspecified atom stereocenters. The number of benzene rings is 1. The Hall–Kier alpha value is -2.75. The number of hydrogen-bond donors (Lipinski definition) is 2. The van der Waals surface area contributed by atoms with Crippen LogP contribution in [0.25, 0.3) is 4.85 Å². The molecule has 7 heteroatoms. The molecule has 0 aliphatic rings. The van der Waals surface area contributed by atoms with Crippen LogP contribution in [0, 0.1) is 17.8 Å². The Bertz CT molecular complexity index is 711. The second kappa shape index (κ2) is 11.1. The van der Waals surface area contributed by atoms with Crippen LogP contribution in [0.2, 0.25) is 0 Å². The topological polar surface area (TPSA) is 62.6 Å². The summed E-state index contributed by atoms with van der Waals surface area (Å²) in [6.07, 6.45) is 4.12. The highest BCUT2D eigenvalue weighted by molar-refractivity contribution is 5.94. The third kappa shape index (κ3) is 8.45. The minimum Gasteiger partial charge on any atom is -0.354 e. The molecule has 1 atom stereocenters. The number of carbonyl (C=O) groups is 2. The second-order valence-corrected chi connectivity index (χ2v) is 6.80. The van der Waals surface area contributed by atoms with E-state index in [0.717, 1.165) is 24.8 Å². The van der Waals surface area contributed by atoms with Gasteiger partial charge in [-0.2, -0.15) is 4.39 Å². The van der Waals surface area contributed by atoms with Crippen LogP contribution in [-0.4, -0.2) is 24.9 Å². The Kier molecular flexibility index (Phi) is 9.14. The first kappa shape index (κ1) is 22.3. The molecular weight excluding hydrogens is 352 g/mol. The largest absolute Gasteiger partial charge is 0.354 e. The van der Waals surface area contributed by atoms with Crippen molar-refractivity contribution in [1.29, 1.82) is 0 Å². The van der Waals surface area contributed by atoms with E-state index in [2.05, 4.69) is 29.3 Å². The minimum absolute atomic E-state index is 0.225.